The molecule has 0 bridgehead atoms. The summed E-state index contributed by atoms with van der Waals surface area (Å²) in [4.78, 5) is 36.2. The monoisotopic (exact) mass is 508 g/mol. The van der Waals surface area contributed by atoms with Gasteiger partial charge in [-0.3, -0.25) is 4.90 Å². The number of piperazine rings is 1. The molecule has 194 valence electrons. The lowest BCUT2D eigenvalue weighted by molar-refractivity contribution is 0.0565. The normalized spacial score (nSPS) is 19.0. The van der Waals surface area contributed by atoms with Crippen molar-refractivity contribution in [2.75, 3.05) is 68.5 Å². The number of ether oxygens (including phenoxy) is 1. The highest BCUT2D eigenvalue weighted by molar-refractivity contribution is 5.86. The molecule has 2 N–H and O–H groups in total. The summed E-state index contributed by atoms with van der Waals surface area (Å²) in [5, 5.41) is 4.37. The Balaban J connectivity index is 1.08. The lowest BCUT2D eigenvalue weighted by Gasteiger charge is -2.39. The molecule has 1 atom stereocenters. The average Bonchev–Trinajstić information content (AvgIpc) is 3.70. The number of esters is 1. The molecule has 6 heterocycles. The summed E-state index contributed by atoms with van der Waals surface area (Å²) in [6.45, 7) is 6.02. The Labute approximate surface area is 212 Å². The van der Waals surface area contributed by atoms with Crippen LogP contribution in [-0.2, 0) is 4.74 Å². The molecule has 4 aromatic heterocycles. The van der Waals surface area contributed by atoms with Gasteiger partial charge < -0.3 is 29.1 Å². The Morgan fingerprint density at radius 2 is 2.03 bits per heavy atom. The van der Waals surface area contributed by atoms with Crippen LogP contribution in [0.25, 0.3) is 17.4 Å². The number of aromatic nitrogens is 6. The minimum atomic E-state index is -0.522. The minimum absolute atomic E-state index is 0.117. The van der Waals surface area contributed by atoms with E-state index in [4.69, 9.17) is 19.3 Å². The molecule has 0 saturated carbocycles. The number of hydrogen-bond acceptors (Lipinski definition) is 13. The molecular formula is C23H28N10O4. The molecule has 37 heavy (non-hydrogen) atoms. The van der Waals surface area contributed by atoms with E-state index in [0.29, 0.717) is 35.2 Å². The molecule has 0 spiro atoms. The molecule has 0 aliphatic carbocycles. The number of hydrogen-bond donors (Lipinski definition) is 1. The van der Waals surface area contributed by atoms with Gasteiger partial charge in [0.25, 0.3) is 11.8 Å². The number of furan rings is 1. The summed E-state index contributed by atoms with van der Waals surface area (Å²) in [6.07, 6.45) is 5.18. The van der Waals surface area contributed by atoms with E-state index in [9.17, 15) is 4.79 Å². The van der Waals surface area contributed by atoms with Crippen molar-refractivity contribution < 1.29 is 18.4 Å². The maximum atomic E-state index is 11.6. The first-order valence-electron chi connectivity index (χ1n) is 12.3. The summed E-state index contributed by atoms with van der Waals surface area (Å²) < 4.78 is 17.1. The third-order valence-electron chi connectivity index (χ3n) is 6.80. The highest BCUT2D eigenvalue weighted by Crippen LogP contribution is 2.25. The number of carbonyl (C=O) groups excluding carboxylic acids is 1. The van der Waals surface area contributed by atoms with E-state index in [2.05, 4.69) is 39.7 Å². The van der Waals surface area contributed by atoms with Crippen molar-refractivity contribution in [1.29, 1.82) is 0 Å². The average molecular weight is 509 g/mol. The van der Waals surface area contributed by atoms with Crippen LogP contribution >= 0.6 is 0 Å². The Kier molecular flexibility index (Phi) is 6.08. The summed E-state index contributed by atoms with van der Waals surface area (Å²) in [6, 6.07) is 4.03. The SMILES string of the molecule is COC(=O)c1cnc(N2CCN(C[C@@H]3CCCN(c4nc(N)n5nc(-c6ccco6)nc5n4)C3)CC2)o1. The number of carbonyl (C=O) groups is 1. The molecule has 4 aromatic rings. The number of nitrogens with zero attached hydrogens (tertiary/aromatic N) is 9. The van der Waals surface area contributed by atoms with Crippen LogP contribution in [0.3, 0.4) is 0 Å². The van der Waals surface area contributed by atoms with Gasteiger partial charge >= 0.3 is 5.97 Å². The molecule has 0 unspecified atom stereocenters. The number of nitrogen functional groups attached to an aromatic ring is 1. The first kappa shape index (κ1) is 23.2. The molecule has 2 aliphatic rings. The molecule has 0 radical (unpaired) electrons. The molecule has 14 nitrogen and oxygen atoms in total. The van der Waals surface area contributed by atoms with Crippen molar-refractivity contribution in [3.8, 4) is 11.6 Å². The zero-order valence-corrected chi connectivity index (χ0v) is 20.5. The van der Waals surface area contributed by atoms with E-state index in [1.165, 1.54) is 17.8 Å². The van der Waals surface area contributed by atoms with Gasteiger partial charge in [0, 0.05) is 45.8 Å². The van der Waals surface area contributed by atoms with E-state index < -0.39 is 5.97 Å². The van der Waals surface area contributed by atoms with Gasteiger partial charge in [-0.15, -0.1) is 5.10 Å². The molecule has 2 saturated heterocycles. The highest BCUT2D eigenvalue weighted by atomic mass is 16.5. The second-order valence-electron chi connectivity index (χ2n) is 9.25. The van der Waals surface area contributed by atoms with Gasteiger partial charge in [-0.05, 0) is 30.9 Å². The van der Waals surface area contributed by atoms with Crippen LogP contribution in [0.1, 0.15) is 23.4 Å². The van der Waals surface area contributed by atoms with E-state index in [1.807, 2.05) is 0 Å². The molecular weight excluding hydrogens is 480 g/mol. The zero-order valence-electron chi connectivity index (χ0n) is 20.5. The Morgan fingerprint density at radius 1 is 1.16 bits per heavy atom. The van der Waals surface area contributed by atoms with E-state index in [-0.39, 0.29) is 11.7 Å². The minimum Gasteiger partial charge on any atom is -0.463 e. The predicted molar refractivity (Wildman–Crippen MR) is 132 cm³/mol. The van der Waals surface area contributed by atoms with Gasteiger partial charge in [0.05, 0.1) is 19.6 Å². The number of oxazole rings is 1. The van der Waals surface area contributed by atoms with E-state index in [0.717, 1.165) is 58.7 Å². The highest BCUT2D eigenvalue weighted by Gasteiger charge is 2.28. The summed E-state index contributed by atoms with van der Waals surface area (Å²) in [5.41, 5.74) is 6.20. The quantitative estimate of drug-likeness (QED) is 0.370. The van der Waals surface area contributed by atoms with Gasteiger partial charge in [-0.2, -0.15) is 19.5 Å². The second kappa shape index (κ2) is 9.69. The van der Waals surface area contributed by atoms with Crippen molar-refractivity contribution in [2.45, 2.75) is 12.8 Å². The largest absolute Gasteiger partial charge is 0.463 e. The number of piperidine rings is 1. The molecule has 6 rings (SSSR count). The van der Waals surface area contributed by atoms with Crippen LogP contribution < -0.4 is 15.5 Å². The van der Waals surface area contributed by atoms with Crippen molar-refractivity contribution in [3.63, 3.8) is 0 Å². The molecule has 14 heteroatoms. The second-order valence-corrected chi connectivity index (χ2v) is 9.25. The van der Waals surface area contributed by atoms with Crippen LogP contribution in [-0.4, -0.2) is 93.3 Å². The zero-order chi connectivity index (χ0) is 25.4. The fourth-order valence-electron chi connectivity index (χ4n) is 4.93. The first-order valence-corrected chi connectivity index (χ1v) is 12.3. The smallest absolute Gasteiger partial charge is 0.375 e. The van der Waals surface area contributed by atoms with Gasteiger partial charge in [0.15, 0.2) is 5.76 Å². The van der Waals surface area contributed by atoms with Gasteiger partial charge in [0.2, 0.25) is 23.5 Å². The number of fused-ring (bicyclic) bond motifs is 1. The van der Waals surface area contributed by atoms with Gasteiger partial charge in [-0.1, -0.05) is 0 Å². The molecule has 2 fully saturated rings. The van der Waals surface area contributed by atoms with E-state index in [1.54, 1.807) is 18.4 Å². The van der Waals surface area contributed by atoms with Crippen LogP contribution in [0.15, 0.2) is 33.4 Å². The van der Waals surface area contributed by atoms with Gasteiger partial charge in [0.1, 0.15) is 0 Å². The van der Waals surface area contributed by atoms with Crippen molar-refractivity contribution in [2.24, 2.45) is 5.92 Å². The topological polar surface area (TPSA) is 157 Å². The third-order valence-corrected chi connectivity index (χ3v) is 6.80. The summed E-state index contributed by atoms with van der Waals surface area (Å²) in [5.74, 6) is 2.26. The fourth-order valence-corrected chi connectivity index (χ4v) is 4.93. The van der Waals surface area contributed by atoms with Gasteiger partial charge in [-0.25, -0.2) is 9.78 Å². The Hall–Kier alpha value is -4.20. The lowest BCUT2D eigenvalue weighted by Crippen LogP contribution is -2.50. The van der Waals surface area contributed by atoms with Crippen molar-refractivity contribution >= 4 is 29.7 Å². The first-order chi connectivity index (χ1) is 18.1. The Morgan fingerprint density at radius 3 is 2.81 bits per heavy atom. The van der Waals surface area contributed by atoms with Crippen LogP contribution in [0.5, 0.6) is 0 Å². The van der Waals surface area contributed by atoms with Crippen molar-refractivity contribution in [3.05, 3.63) is 30.4 Å². The van der Waals surface area contributed by atoms with Crippen molar-refractivity contribution in [1.82, 2.24) is 34.4 Å². The maximum Gasteiger partial charge on any atom is 0.375 e. The lowest BCUT2D eigenvalue weighted by atomic mass is 9.97. The maximum absolute atomic E-state index is 11.6. The van der Waals surface area contributed by atoms with Crippen LogP contribution in [0.4, 0.5) is 17.9 Å². The fraction of sp³-hybridized carbons (Fsp3) is 0.478. The molecule has 0 amide bonds. The van der Waals surface area contributed by atoms with E-state index >= 15 is 0 Å². The number of rotatable bonds is 6. The predicted octanol–water partition coefficient (Wildman–Crippen LogP) is 1.17. The summed E-state index contributed by atoms with van der Waals surface area (Å²) >= 11 is 0. The third kappa shape index (κ3) is 4.67. The molecule has 2 aliphatic heterocycles. The number of methoxy groups -OCH3 is 1. The summed E-state index contributed by atoms with van der Waals surface area (Å²) in [7, 11) is 1.32. The van der Waals surface area contributed by atoms with Crippen LogP contribution in [0, 0.1) is 5.92 Å². The Bertz CT molecular complexity index is 1380. The molecule has 0 aromatic carbocycles. The van der Waals surface area contributed by atoms with Crippen LogP contribution in [0.2, 0.25) is 0 Å². The number of nitrogens with two attached hydrogens (primary N) is 1. The number of anilines is 3. The standard InChI is InChI=1S/C23H28N10O4/c1-35-19(34)17-12-25-23(37-17)31-9-7-30(8-10-31)13-15-4-2-6-32(14-15)21-27-20(24)33-22(28-21)26-18(29-33)16-5-3-11-36-16/h3,5,11-12,15H,2,4,6-10,13-14H2,1H3,(H2,24,26,27,28,29)/t15-/m0/s1.